The second-order valence-corrected chi connectivity index (χ2v) is 13.9. The van der Waals surface area contributed by atoms with Crippen molar-refractivity contribution in [3.63, 3.8) is 0 Å². The molecule has 0 spiro atoms. The molecule has 6 rings (SSSR count). The lowest BCUT2D eigenvalue weighted by atomic mass is 9.81. The van der Waals surface area contributed by atoms with Crippen molar-refractivity contribution in [2.75, 3.05) is 33.2 Å². The molecule has 2 aromatic carbocycles. The van der Waals surface area contributed by atoms with Crippen LogP contribution in [0.3, 0.4) is 0 Å². The molecule has 2 atom stereocenters. The third-order valence-corrected chi connectivity index (χ3v) is 10.6. The highest BCUT2D eigenvalue weighted by atomic mass is 16.4. The van der Waals surface area contributed by atoms with E-state index in [-0.39, 0.29) is 11.5 Å². The number of likely N-dealkylation sites (tertiary alicyclic amines) is 2. The average molecular weight is 659 g/mol. The number of rotatable bonds is 8. The SMILES string of the molecule is CC.CC.CCn1nc(C(C)(C)c2ccccc2)cc1C1CCN(C)CC1.O=C(O)[C@@H](C1CCCCC1)N1CC[C@@H](c2ccccc2)C1. The van der Waals surface area contributed by atoms with E-state index in [2.05, 4.69) is 103 Å². The molecule has 2 aliphatic heterocycles. The lowest BCUT2D eigenvalue weighted by Gasteiger charge is -2.33. The summed E-state index contributed by atoms with van der Waals surface area (Å²) in [5.41, 5.74) is 5.25. The third kappa shape index (κ3) is 10.3. The number of hydrogen-bond acceptors (Lipinski definition) is 4. The molecule has 1 aliphatic carbocycles. The largest absolute Gasteiger partial charge is 0.480 e. The molecule has 48 heavy (non-hydrogen) atoms. The molecule has 1 saturated carbocycles. The van der Waals surface area contributed by atoms with Crippen LogP contribution in [0, 0.1) is 5.92 Å². The van der Waals surface area contributed by atoms with Crippen LogP contribution in [0.5, 0.6) is 0 Å². The second-order valence-electron chi connectivity index (χ2n) is 13.9. The van der Waals surface area contributed by atoms with Crippen molar-refractivity contribution < 1.29 is 9.90 Å². The van der Waals surface area contributed by atoms with E-state index in [0.717, 1.165) is 38.9 Å². The molecule has 6 heteroatoms. The summed E-state index contributed by atoms with van der Waals surface area (Å²) in [5.74, 6) is 0.886. The summed E-state index contributed by atoms with van der Waals surface area (Å²) in [6.45, 7) is 19.9. The van der Waals surface area contributed by atoms with Gasteiger partial charge in [0.05, 0.1) is 5.69 Å². The monoisotopic (exact) mass is 659 g/mol. The Morgan fingerprint density at radius 2 is 1.40 bits per heavy atom. The Hall–Kier alpha value is -2.96. The van der Waals surface area contributed by atoms with E-state index < -0.39 is 5.97 Å². The van der Waals surface area contributed by atoms with Crippen molar-refractivity contribution in [3.05, 3.63) is 89.2 Å². The lowest BCUT2D eigenvalue weighted by molar-refractivity contribution is -0.145. The van der Waals surface area contributed by atoms with E-state index in [4.69, 9.17) is 5.10 Å². The van der Waals surface area contributed by atoms with Gasteiger partial charge in [0.1, 0.15) is 6.04 Å². The van der Waals surface area contributed by atoms with E-state index in [1.54, 1.807) is 0 Å². The quantitative estimate of drug-likeness (QED) is 0.261. The molecule has 0 amide bonds. The first-order chi connectivity index (χ1) is 23.3. The standard InChI is InChI=1S/C20H29N3.C18H25NO2.2C2H6/c1-5-23-18(16-11-13-22(4)14-12-16)15-19(21-23)20(2,3)17-9-7-6-8-10-17;20-18(21)17(15-9-5-2-6-10-15)19-12-11-16(13-19)14-7-3-1-4-8-14;2*1-2/h6-10,15-16H,5,11-14H2,1-4H3;1,3-4,7-8,15-17H,2,5-6,9-13H2,(H,20,21);2*1-2H3/t;16-,17-;;/m.1../s1. The zero-order valence-electron chi connectivity index (χ0n) is 31.5. The predicted octanol–water partition coefficient (Wildman–Crippen LogP) is 9.60. The minimum atomic E-state index is -0.615. The molecule has 3 heterocycles. The first-order valence-electron chi connectivity index (χ1n) is 19.1. The van der Waals surface area contributed by atoms with Gasteiger partial charge < -0.3 is 10.0 Å². The molecule has 0 bridgehead atoms. The molecule has 3 fully saturated rings. The number of carboxylic acids is 1. The Kier molecular flexibility index (Phi) is 16.4. The summed E-state index contributed by atoms with van der Waals surface area (Å²) in [4.78, 5) is 16.4. The van der Waals surface area contributed by atoms with Crippen LogP contribution in [-0.2, 0) is 16.8 Å². The van der Waals surface area contributed by atoms with Crippen molar-refractivity contribution in [1.82, 2.24) is 19.6 Å². The highest BCUT2D eigenvalue weighted by Crippen LogP contribution is 2.36. The molecule has 2 saturated heterocycles. The van der Waals surface area contributed by atoms with Gasteiger partial charge in [0.15, 0.2) is 0 Å². The van der Waals surface area contributed by atoms with Crippen LogP contribution in [0.2, 0.25) is 0 Å². The number of benzene rings is 2. The van der Waals surface area contributed by atoms with Crippen LogP contribution >= 0.6 is 0 Å². The minimum absolute atomic E-state index is 0.0537. The van der Waals surface area contributed by atoms with Gasteiger partial charge in [-0.15, -0.1) is 0 Å². The van der Waals surface area contributed by atoms with Crippen LogP contribution in [0.15, 0.2) is 66.7 Å². The van der Waals surface area contributed by atoms with Gasteiger partial charge in [-0.3, -0.25) is 14.4 Å². The normalized spacial score (nSPS) is 20.0. The van der Waals surface area contributed by atoms with Crippen LogP contribution in [0.1, 0.15) is 134 Å². The number of aryl methyl sites for hydroxylation is 1. The number of aromatic nitrogens is 2. The van der Waals surface area contributed by atoms with Crippen LogP contribution in [0.25, 0.3) is 0 Å². The lowest BCUT2D eigenvalue weighted by Crippen LogP contribution is -2.45. The number of carboxylic acid groups (broad SMARTS) is 1. The fraction of sp³-hybridized carbons (Fsp3) is 0.619. The number of hydrogen-bond donors (Lipinski definition) is 1. The van der Waals surface area contributed by atoms with Crippen molar-refractivity contribution >= 4 is 5.97 Å². The molecule has 3 aliphatic rings. The Balaban J connectivity index is 0.000000237. The van der Waals surface area contributed by atoms with Crippen molar-refractivity contribution in [2.24, 2.45) is 5.92 Å². The highest BCUT2D eigenvalue weighted by molar-refractivity contribution is 5.74. The average Bonchev–Trinajstić information content (AvgIpc) is 3.81. The van der Waals surface area contributed by atoms with Gasteiger partial charge >= 0.3 is 5.97 Å². The fourth-order valence-electron chi connectivity index (χ4n) is 7.77. The Labute approximate surface area is 292 Å². The molecule has 3 aromatic rings. The summed E-state index contributed by atoms with van der Waals surface area (Å²) in [6.07, 6.45) is 9.42. The first-order valence-corrected chi connectivity index (χ1v) is 19.1. The fourth-order valence-corrected chi connectivity index (χ4v) is 7.77. The summed E-state index contributed by atoms with van der Waals surface area (Å²) < 4.78 is 2.23. The summed E-state index contributed by atoms with van der Waals surface area (Å²) in [6, 6.07) is 23.4. The maximum atomic E-state index is 11.8. The molecular weight excluding hydrogens is 592 g/mol. The van der Waals surface area contributed by atoms with Crippen LogP contribution in [0.4, 0.5) is 0 Å². The van der Waals surface area contributed by atoms with Crippen molar-refractivity contribution in [2.45, 2.75) is 130 Å². The second kappa shape index (κ2) is 19.9. The summed E-state index contributed by atoms with van der Waals surface area (Å²) in [5, 5.41) is 14.7. The number of carbonyl (C=O) groups is 1. The molecule has 1 N–H and O–H groups in total. The number of nitrogens with zero attached hydrogens (tertiary/aromatic N) is 4. The summed E-state index contributed by atoms with van der Waals surface area (Å²) in [7, 11) is 2.22. The summed E-state index contributed by atoms with van der Waals surface area (Å²) >= 11 is 0. The zero-order valence-corrected chi connectivity index (χ0v) is 31.5. The Morgan fingerprint density at radius 1 is 0.833 bits per heavy atom. The van der Waals surface area contributed by atoms with Gasteiger partial charge in [0.2, 0.25) is 0 Å². The number of aliphatic carboxylic acids is 1. The van der Waals surface area contributed by atoms with Crippen LogP contribution in [-0.4, -0.2) is 69.9 Å². The number of piperidine rings is 1. The van der Waals surface area contributed by atoms with E-state index in [1.807, 2.05) is 33.8 Å². The van der Waals surface area contributed by atoms with E-state index >= 15 is 0 Å². The predicted molar refractivity (Wildman–Crippen MR) is 202 cm³/mol. The molecule has 0 radical (unpaired) electrons. The zero-order chi connectivity index (χ0) is 35.1. The van der Waals surface area contributed by atoms with Crippen LogP contribution < -0.4 is 0 Å². The van der Waals surface area contributed by atoms with Gasteiger partial charge in [-0.1, -0.05) is 121 Å². The highest BCUT2D eigenvalue weighted by Gasteiger charge is 2.38. The molecule has 1 aromatic heterocycles. The first kappa shape index (κ1) is 39.5. The molecule has 0 unspecified atom stereocenters. The Bertz CT molecular complexity index is 1310. The van der Waals surface area contributed by atoms with Crippen molar-refractivity contribution in [1.29, 1.82) is 0 Å². The van der Waals surface area contributed by atoms with E-state index in [0.29, 0.717) is 17.8 Å². The molecule has 266 valence electrons. The van der Waals surface area contributed by atoms with Gasteiger partial charge in [-0.2, -0.15) is 5.10 Å². The maximum Gasteiger partial charge on any atom is 0.321 e. The molecular formula is C42H66N4O2. The van der Waals surface area contributed by atoms with Gasteiger partial charge in [0, 0.05) is 30.1 Å². The minimum Gasteiger partial charge on any atom is -0.480 e. The van der Waals surface area contributed by atoms with E-state index in [9.17, 15) is 9.90 Å². The third-order valence-electron chi connectivity index (χ3n) is 10.6. The van der Waals surface area contributed by atoms with Crippen molar-refractivity contribution in [3.8, 4) is 0 Å². The maximum absolute atomic E-state index is 11.8. The Morgan fingerprint density at radius 3 is 1.96 bits per heavy atom. The van der Waals surface area contributed by atoms with E-state index in [1.165, 1.54) is 67.7 Å². The molecule has 6 nitrogen and oxygen atoms in total. The van der Waals surface area contributed by atoms with Gasteiger partial charge in [-0.05, 0) is 94.7 Å². The van der Waals surface area contributed by atoms with Gasteiger partial charge in [0.25, 0.3) is 0 Å². The topological polar surface area (TPSA) is 61.6 Å². The van der Waals surface area contributed by atoms with Gasteiger partial charge in [-0.25, -0.2) is 0 Å². The smallest absolute Gasteiger partial charge is 0.321 e.